The zero-order valence-corrected chi connectivity index (χ0v) is 16.4. The van der Waals surface area contributed by atoms with Gasteiger partial charge in [-0.2, -0.15) is 0 Å². The summed E-state index contributed by atoms with van der Waals surface area (Å²) >= 11 is 5.96. The zero-order valence-electron chi connectivity index (χ0n) is 14.8. The van der Waals surface area contributed by atoms with Crippen LogP contribution in [0.15, 0.2) is 54.6 Å². The summed E-state index contributed by atoms with van der Waals surface area (Å²) in [4.78, 5) is 16.6. The molecule has 0 saturated carbocycles. The number of benzene rings is 2. The molecule has 0 aliphatic carbocycles. The van der Waals surface area contributed by atoms with Gasteiger partial charge in [-0.15, -0.1) is 0 Å². The van der Waals surface area contributed by atoms with Gasteiger partial charge in [0.25, 0.3) is 0 Å². The average molecular weight is 405 g/mol. The third-order valence-electron chi connectivity index (χ3n) is 5.34. The van der Waals surface area contributed by atoms with Crippen molar-refractivity contribution in [1.29, 1.82) is 0 Å². The molecular weight excluding hydrogens is 384 g/mol. The van der Waals surface area contributed by atoms with Crippen LogP contribution < -0.4 is 4.90 Å². The highest BCUT2D eigenvalue weighted by atomic mass is 35.5. The molecule has 0 unspecified atom stereocenters. The minimum absolute atomic E-state index is 0.00781. The van der Waals surface area contributed by atoms with Crippen molar-refractivity contribution in [2.24, 2.45) is 0 Å². The molecule has 142 valence electrons. The predicted molar refractivity (Wildman–Crippen MR) is 107 cm³/mol. The fourth-order valence-corrected chi connectivity index (χ4v) is 6.16. The summed E-state index contributed by atoms with van der Waals surface area (Å²) in [5.74, 6) is 0.0428. The maximum absolute atomic E-state index is 12.9. The average Bonchev–Trinajstić information content (AvgIpc) is 2.97. The van der Waals surface area contributed by atoms with Crippen LogP contribution in [0.4, 0.5) is 5.69 Å². The summed E-state index contributed by atoms with van der Waals surface area (Å²) < 4.78 is 24.7. The second kappa shape index (κ2) is 7.26. The molecule has 0 bridgehead atoms. The maximum atomic E-state index is 12.9. The highest BCUT2D eigenvalue weighted by Crippen LogP contribution is 2.32. The Balaban J connectivity index is 1.59. The lowest BCUT2D eigenvalue weighted by molar-refractivity contribution is -0.123. The second-order valence-corrected chi connectivity index (χ2v) is 9.75. The van der Waals surface area contributed by atoms with Crippen LogP contribution >= 0.6 is 11.6 Å². The molecule has 2 aliphatic heterocycles. The molecule has 5 nitrogen and oxygen atoms in total. The number of carbonyl (C=O) groups is 1. The van der Waals surface area contributed by atoms with E-state index in [9.17, 15) is 13.2 Å². The van der Waals surface area contributed by atoms with E-state index in [1.165, 1.54) is 5.56 Å². The molecule has 2 aromatic carbocycles. The van der Waals surface area contributed by atoms with E-state index in [0.29, 0.717) is 17.3 Å². The number of fused-ring (bicyclic) bond motifs is 1. The van der Waals surface area contributed by atoms with Gasteiger partial charge < -0.3 is 4.90 Å². The Hall–Kier alpha value is -1.89. The van der Waals surface area contributed by atoms with Crippen LogP contribution in [0.3, 0.4) is 0 Å². The molecule has 0 aromatic heterocycles. The molecule has 2 aliphatic rings. The van der Waals surface area contributed by atoms with E-state index in [1.54, 1.807) is 29.2 Å². The molecule has 0 radical (unpaired) electrons. The first-order valence-corrected chi connectivity index (χ1v) is 11.2. The van der Waals surface area contributed by atoms with E-state index in [-0.39, 0.29) is 36.0 Å². The molecular formula is C20H21ClN2O3S. The minimum atomic E-state index is -3.18. The lowest BCUT2D eigenvalue weighted by Gasteiger charge is -2.43. The number of sulfone groups is 1. The summed E-state index contributed by atoms with van der Waals surface area (Å²) in [7, 11) is -3.18. The monoisotopic (exact) mass is 404 g/mol. The van der Waals surface area contributed by atoms with Crippen LogP contribution in [0, 0.1) is 0 Å². The van der Waals surface area contributed by atoms with Crippen molar-refractivity contribution in [3.05, 3.63) is 65.2 Å². The van der Waals surface area contributed by atoms with Gasteiger partial charge in [-0.05, 0) is 36.2 Å². The van der Waals surface area contributed by atoms with Crippen LogP contribution in [0.2, 0.25) is 5.02 Å². The minimum Gasteiger partial charge on any atom is -0.306 e. The van der Waals surface area contributed by atoms with E-state index in [1.807, 2.05) is 23.1 Å². The molecule has 0 N–H and O–H groups in total. The summed E-state index contributed by atoms with van der Waals surface area (Å²) in [5.41, 5.74) is 1.89. The first-order valence-electron chi connectivity index (χ1n) is 8.99. The molecule has 2 heterocycles. The van der Waals surface area contributed by atoms with Gasteiger partial charge in [-0.1, -0.05) is 41.9 Å². The number of nitrogens with zero attached hydrogens (tertiary/aromatic N) is 2. The summed E-state index contributed by atoms with van der Waals surface area (Å²) in [6, 6.07) is 16.5. The fraction of sp³-hybridized carbons (Fsp3) is 0.350. The number of hydrogen-bond donors (Lipinski definition) is 0. The van der Waals surface area contributed by atoms with E-state index >= 15 is 0 Å². The summed E-state index contributed by atoms with van der Waals surface area (Å²) in [5, 5.41) is 0.586. The van der Waals surface area contributed by atoms with Crippen LogP contribution in [0.5, 0.6) is 0 Å². The Bertz CT molecular complexity index is 931. The van der Waals surface area contributed by atoms with Gasteiger partial charge in [0.05, 0.1) is 24.1 Å². The fourth-order valence-electron chi connectivity index (χ4n) is 4.06. The van der Waals surface area contributed by atoms with Crippen molar-refractivity contribution >= 4 is 33.0 Å². The van der Waals surface area contributed by atoms with Gasteiger partial charge in [0.15, 0.2) is 9.84 Å². The topological polar surface area (TPSA) is 57.7 Å². The molecule has 0 spiro atoms. The SMILES string of the molecule is O=C1CN(CCc2ccccc2)[C@@H]2CS(=O)(=O)C[C@@H]2N1c1ccc(Cl)cc1. The van der Waals surface area contributed by atoms with Crippen LogP contribution in [0.1, 0.15) is 5.56 Å². The highest BCUT2D eigenvalue weighted by molar-refractivity contribution is 7.91. The molecule has 2 saturated heterocycles. The molecule has 4 rings (SSSR count). The highest BCUT2D eigenvalue weighted by Gasteiger charge is 2.49. The smallest absolute Gasteiger partial charge is 0.241 e. The summed E-state index contributed by atoms with van der Waals surface area (Å²) in [6.45, 7) is 0.896. The first-order chi connectivity index (χ1) is 12.9. The quantitative estimate of drug-likeness (QED) is 0.785. The van der Waals surface area contributed by atoms with Crippen LogP contribution in [0.25, 0.3) is 0 Å². The van der Waals surface area contributed by atoms with Gasteiger partial charge in [0.2, 0.25) is 5.91 Å². The van der Waals surface area contributed by atoms with Crippen molar-refractivity contribution in [2.75, 3.05) is 29.5 Å². The van der Waals surface area contributed by atoms with Gasteiger partial charge in [-0.3, -0.25) is 9.69 Å². The largest absolute Gasteiger partial charge is 0.306 e. The standard InChI is InChI=1S/C20H21ClN2O3S/c21-16-6-8-17(9-7-16)23-19-14-27(25,26)13-18(19)22(12-20(23)24)11-10-15-4-2-1-3-5-15/h1-9,18-19H,10-14H2/t18-,19+/m1/s1. The molecule has 2 fully saturated rings. The van der Waals surface area contributed by atoms with Crippen molar-refractivity contribution in [2.45, 2.75) is 18.5 Å². The zero-order chi connectivity index (χ0) is 19.0. The molecule has 7 heteroatoms. The van der Waals surface area contributed by atoms with E-state index in [4.69, 9.17) is 11.6 Å². The lowest BCUT2D eigenvalue weighted by atomic mass is 10.0. The molecule has 2 atom stereocenters. The second-order valence-electron chi connectivity index (χ2n) is 7.16. The first kappa shape index (κ1) is 18.5. The Morgan fingerprint density at radius 3 is 2.33 bits per heavy atom. The number of rotatable bonds is 4. The Morgan fingerprint density at radius 2 is 1.63 bits per heavy atom. The number of carbonyl (C=O) groups excluding carboxylic acids is 1. The van der Waals surface area contributed by atoms with Crippen LogP contribution in [-0.4, -0.2) is 55.9 Å². The maximum Gasteiger partial charge on any atom is 0.241 e. The van der Waals surface area contributed by atoms with Crippen molar-refractivity contribution in [3.63, 3.8) is 0 Å². The van der Waals surface area contributed by atoms with E-state index in [2.05, 4.69) is 12.1 Å². The Labute approximate surface area is 164 Å². The van der Waals surface area contributed by atoms with E-state index in [0.717, 1.165) is 6.42 Å². The molecule has 2 aromatic rings. The van der Waals surface area contributed by atoms with Crippen molar-refractivity contribution in [3.8, 4) is 0 Å². The molecule has 1 amide bonds. The van der Waals surface area contributed by atoms with Gasteiger partial charge in [-0.25, -0.2) is 8.42 Å². The molecule has 27 heavy (non-hydrogen) atoms. The van der Waals surface area contributed by atoms with E-state index < -0.39 is 9.84 Å². The Morgan fingerprint density at radius 1 is 0.963 bits per heavy atom. The number of anilines is 1. The Kier molecular flexibility index (Phi) is 4.97. The normalized spacial score (nSPS) is 24.8. The van der Waals surface area contributed by atoms with Crippen molar-refractivity contribution < 1.29 is 13.2 Å². The number of hydrogen-bond acceptors (Lipinski definition) is 4. The predicted octanol–water partition coefficient (Wildman–Crippen LogP) is 2.40. The number of amides is 1. The van der Waals surface area contributed by atoms with Crippen molar-refractivity contribution in [1.82, 2.24) is 4.90 Å². The third-order valence-corrected chi connectivity index (χ3v) is 7.29. The van der Waals surface area contributed by atoms with Gasteiger partial charge in [0, 0.05) is 23.3 Å². The lowest BCUT2D eigenvalue weighted by Crippen LogP contribution is -2.62. The van der Waals surface area contributed by atoms with Crippen LogP contribution in [-0.2, 0) is 21.1 Å². The summed E-state index contributed by atoms with van der Waals surface area (Å²) in [6.07, 6.45) is 0.790. The number of halogens is 1. The third kappa shape index (κ3) is 3.88. The number of piperazine rings is 1. The van der Waals surface area contributed by atoms with Gasteiger partial charge >= 0.3 is 0 Å². The van der Waals surface area contributed by atoms with Gasteiger partial charge in [0.1, 0.15) is 0 Å².